The van der Waals surface area contributed by atoms with Gasteiger partial charge in [-0.3, -0.25) is 4.79 Å². The third-order valence-electron chi connectivity index (χ3n) is 2.03. The van der Waals surface area contributed by atoms with Gasteiger partial charge in [0, 0.05) is 6.42 Å². The van der Waals surface area contributed by atoms with E-state index in [0.29, 0.717) is 11.1 Å². The Morgan fingerprint density at radius 1 is 1.64 bits per heavy atom. The van der Waals surface area contributed by atoms with E-state index in [9.17, 15) is 9.18 Å². The highest BCUT2D eigenvalue weighted by molar-refractivity contribution is 5.73. The fourth-order valence-electron chi connectivity index (χ4n) is 1.19. The molecule has 0 radical (unpaired) electrons. The summed E-state index contributed by atoms with van der Waals surface area (Å²) < 4.78 is 13.4. The molecule has 0 spiro atoms. The third kappa shape index (κ3) is 2.29. The van der Waals surface area contributed by atoms with Crippen LogP contribution in [-0.4, -0.2) is 17.1 Å². The highest BCUT2D eigenvalue weighted by Gasteiger charge is 2.15. The van der Waals surface area contributed by atoms with Crippen LogP contribution in [0, 0.1) is 12.7 Å². The molecule has 1 atom stereocenters. The average Bonchev–Trinajstić information content (AvgIpc) is 2.12. The summed E-state index contributed by atoms with van der Waals surface area (Å²) in [6.45, 7) is 1.63. The van der Waals surface area contributed by atoms with Gasteiger partial charge in [-0.15, -0.1) is 0 Å². The van der Waals surface area contributed by atoms with Crippen molar-refractivity contribution >= 4 is 5.97 Å². The minimum Gasteiger partial charge on any atom is -0.480 e. The van der Waals surface area contributed by atoms with Crippen molar-refractivity contribution in [2.45, 2.75) is 19.4 Å². The SMILES string of the molecule is Cc1cccc(C[C@@H](N)C(=O)O)c1F. The van der Waals surface area contributed by atoms with E-state index in [1.54, 1.807) is 25.1 Å². The number of rotatable bonds is 3. The average molecular weight is 197 g/mol. The number of aliphatic carboxylic acids is 1. The molecule has 4 heteroatoms. The number of hydrogen-bond donors (Lipinski definition) is 2. The lowest BCUT2D eigenvalue weighted by atomic mass is 10.0. The maximum absolute atomic E-state index is 13.4. The maximum Gasteiger partial charge on any atom is 0.320 e. The number of halogens is 1. The van der Waals surface area contributed by atoms with Crippen molar-refractivity contribution in [2.75, 3.05) is 0 Å². The maximum atomic E-state index is 13.4. The van der Waals surface area contributed by atoms with Crippen molar-refractivity contribution in [1.29, 1.82) is 0 Å². The zero-order valence-electron chi connectivity index (χ0n) is 7.83. The fraction of sp³-hybridized carbons (Fsp3) is 0.300. The van der Waals surface area contributed by atoms with Crippen molar-refractivity contribution in [2.24, 2.45) is 5.73 Å². The van der Waals surface area contributed by atoms with Gasteiger partial charge in [-0.2, -0.15) is 0 Å². The van der Waals surface area contributed by atoms with Gasteiger partial charge in [0.15, 0.2) is 0 Å². The summed E-state index contributed by atoms with van der Waals surface area (Å²) in [5, 5.41) is 8.56. The Kier molecular flexibility index (Phi) is 3.19. The van der Waals surface area contributed by atoms with Gasteiger partial charge < -0.3 is 10.8 Å². The van der Waals surface area contributed by atoms with Crippen molar-refractivity contribution in [3.05, 3.63) is 35.1 Å². The van der Waals surface area contributed by atoms with Crippen LogP contribution in [0.4, 0.5) is 4.39 Å². The Morgan fingerprint density at radius 3 is 2.86 bits per heavy atom. The van der Waals surface area contributed by atoms with E-state index in [1.807, 2.05) is 0 Å². The van der Waals surface area contributed by atoms with Crippen LogP contribution in [0.15, 0.2) is 18.2 Å². The Hall–Kier alpha value is -1.42. The van der Waals surface area contributed by atoms with Crippen LogP contribution in [0.5, 0.6) is 0 Å². The van der Waals surface area contributed by atoms with Crippen LogP contribution < -0.4 is 5.73 Å². The molecular formula is C10H12FNO2. The van der Waals surface area contributed by atoms with Crippen LogP contribution in [0.2, 0.25) is 0 Å². The highest BCUT2D eigenvalue weighted by Crippen LogP contribution is 2.13. The molecule has 0 saturated carbocycles. The first-order valence-corrected chi connectivity index (χ1v) is 4.24. The molecule has 3 nitrogen and oxygen atoms in total. The van der Waals surface area contributed by atoms with Crippen molar-refractivity contribution in [3.63, 3.8) is 0 Å². The second-order valence-electron chi connectivity index (χ2n) is 3.20. The highest BCUT2D eigenvalue weighted by atomic mass is 19.1. The minimum absolute atomic E-state index is 0.0167. The zero-order valence-corrected chi connectivity index (χ0v) is 7.83. The first-order valence-electron chi connectivity index (χ1n) is 4.24. The van der Waals surface area contributed by atoms with E-state index in [1.165, 1.54) is 0 Å². The topological polar surface area (TPSA) is 63.3 Å². The van der Waals surface area contributed by atoms with E-state index < -0.39 is 12.0 Å². The van der Waals surface area contributed by atoms with Gasteiger partial charge in [-0.05, 0) is 18.1 Å². The van der Waals surface area contributed by atoms with Crippen LogP contribution in [0.1, 0.15) is 11.1 Å². The number of hydrogen-bond acceptors (Lipinski definition) is 2. The largest absolute Gasteiger partial charge is 0.480 e. The summed E-state index contributed by atoms with van der Waals surface area (Å²) in [4.78, 5) is 10.5. The molecule has 0 bridgehead atoms. The minimum atomic E-state index is -1.12. The molecule has 76 valence electrons. The second kappa shape index (κ2) is 4.19. The summed E-state index contributed by atoms with van der Waals surface area (Å²) in [5.41, 5.74) is 6.15. The van der Waals surface area contributed by atoms with Gasteiger partial charge in [0.1, 0.15) is 11.9 Å². The molecule has 0 aliphatic rings. The Morgan fingerprint density at radius 2 is 2.29 bits per heavy atom. The van der Waals surface area contributed by atoms with Gasteiger partial charge >= 0.3 is 5.97 Å². The molecule has 0 aliphatic carbocycles. The number of carboxylic acids is 1. The summed E-state index contributed by atoms with van der Waals surface area (Å²) in [7, 11) is 0. The summed E-state index contributed by atoms with van der Waals surface area (Å²) in [6.07, 6.45) is 0.0167. The number of carbonyl (C=O) groups is 1. The third-order valence-corrected chi connectivity index (χ3v) is 2.03. The van der Waals surface area contributed by atoms with Crippen LogP contribution >= 0.6 is 0 Å². The lowest BCUT2D eigenvalue weighted by molar-refractivity contribution is -0.138. The van der Waals surface area contributed by atoms with Crippen molar-refractivity contribution in [1.82, 2.24) is 0 Å². The summed E-state index contributed by atoms with van der Waals surface area (Å²) in [5.74, 6) is -1.49. The molecule has 0 saturated heterocycles. The fourth-order valence-corrected chi connectivity index (χ4v) is 1.19. The van der Waals surface area contributed by atoms with E-state index >= 15 is 0 Å². The molecule has 0 fully saturated rings. The number of aryl methyl sites for hydroxylation is 1. The normalized spacial score (nSPS) is 12.5. The molecule has 0 aromatic heterocycles. The van der Waals surface area contributed by atoms with Crippen molar-refractivity contribution < 1.29 is 14.3 Å². The molecular weight excluding hydrogens is 185 g/mol. The Bertz CT molecular complexity index is 352. The zero-order chi connectivity index (χ0) is 10.7. The lowest BCUT2D eigenvalue weighted by Gasteiger charge is -2.08. The van der Waals surface area contributed by atoms with E-state index in [4.69, 9.17) is 10.8 Å². The number of benzene rings is 1. The molecule has 1 aromatic rings. The Balaban J connectivity index is 2.87. The molecule has 0 unspecified atom stereocenters. The molecule has 14 heavy (non-hydrogen) atoms. The van der Waals surface area contributed by atoms with Gasteiger partial charge in [0.25, 0.3) is 0 Å². The summed E-state index contributed by atoms with van der Waals surface area (Å²) >= 11 is 0. The predicted molar refractivity (Wildman–Crippen MR) is 50.5 cm³/mol. The predicted octanol–water partition coefficient (Wildman–Crippen LogP) is 1.09. The number of carboxylic acid groups (broad SMARTS) is 1. The van der Waals surface area contributed by atoms with E-state index in [2.05, 4.69) is 0 Å². The first-order chi connectivity index (χ1) is 6.52. The van der Waals surface area contributed by atoms with Crippen LogP contribution in [0.25, 0.3) is 0 Å². The van der Waals surface area contributed by atoms with Crippen LogP contribution in [-0.2, 0) is 11.2 Å². The van der Waals surface area contributed by atoms with Gasteiger partial charge in [0.2, 0.25) is 0 Å². The number of nitrogens with two attached hydrogens (primary N) is 1. The lowest BCUT2D eigenvalue weighted by Crippen LogP contribution is -2.32. The molecule has 0 amide bonds. The van der Waals surface area contributed by atoms with E-state index in [0.717, 1.165) is 0 Å². The smallest absolute Gasteiger partial charge is 0.320 e. The van der Waals surface area contributed by atoms with Crippen molar-refractivity contribution in [3.8, 4) is 0 Å². The van der Waals surface area contributed by atoms with Gasteiger partial charge in [-0.1, -0.05) is 18.2 Å². The molecule has 1 rings (SSSR count). The quantitative estimate of drug-likeness (QED) is 0.762. The molecule has 0 aliphatic heterocycles. The van der Waals surface area contributed by atoms with E-state index in [-0.39, 0.29) is 12.2 Å². The Labute approximate surface area is 81.4 Å². The molecule has 0 heterocycles. The van der Waals surface area contributed by atoms with Gasteiger partial charge in [-0.25, -0.2) is 4.39 Å². The van der Waals surface area contributed by atoms with Gasteiger partial charge in [0.05, 0.1) is 0 Å². The monoisotopic (exact) mass is 197 g/mol. The standard InChI is InChI=1S/C10H12FNO2/c1-6-3-2-4-7(9(6)11)5-8(12)10(13)14/h2-4,8H,5,12H2,1H3,(H,13,14)/t8-/m1/s1. The molecule has 1 aromatic carbocycles. The molecule has 3 N–H and O–H groups in total. The van der Waals surface area contributed by atoms with Crippen LogP contribution in [0.3, 0.4) is 0 Å². The summed E-state index contributed by atoms with van der Waals surface area (Å²) in [6, 6.07) is 3.81. The second-order valence-corrected chi connectivity index (χ2v) is 3.20. The first kappa shape index (κ1) is 10.7.